The average Bonchev–Trinajstić information content (AvgIpc) is 2.88. The Morgan fingerprint density at radius 1 is 1.18 bits per heavy atom. The highest BCUT2D eigenvalue weighted by molar-refractivity contribution is 7.99. The molecule has 114 valence electrons. The van der Waals surface area contributed by atoms with Crippen LogP contribution in [0.15, 0.2) is 35.4 Å². The zero-order valence-electron chi connectivity index (χ0n) is 12.6. The number of nitrogens with zero attached hydrogens (tertiary/aromatic N) is 4. The second-order valence-electron chi connectivity index (χ2n) is 5.08. The number of benzene rings is 1. The maximum atomic E-state index is 5.73. The van der Waals surface area contributed by atoms with Gasteiger partial charge in [-0.3, -0.25) is 4.98 Å². The van der Waals surface area contributed by atoms with Gasteiger partial charge < -0.3 is 0 Å². The van der Waals surface area contributed by atoms with Crippen molar-refractivity contribution in [2.45, 2.75) is 25.3 Å². The summed E-state index contributed by atoms with van der Waals surface area (Å²) in [4.78, 5) is 4.58. The van der Waals surface area contributed by atoms with E-state index in [4.69, 9.17) is 11.6 Å². The largest absolute Gasteiger partial charge is 0.253 e. The first-order chi connectivity index (χ1) is 10.7. The predicted octanol–water partition coefficient (Wildman–Crippen LogP) is 4.15. The van der Waals surface area contributed by atoms with Crippen molar-refractivity contribution in [2.75, 3.05) is 11.6 Å². The lowest BCUT2D eigenvalue weighted by Gasteiger charge is -2.08. The van der Waals surface area contributed by atoms with Crippen LogP contribution in [0.5, 0.6) is 0 Å². The van der Waals surface area contributed by atoms with E-state index in [2.05, 4.69) is 21.4 Å². The molecule has 6 heteroatoms. The molecular weight excluding hydrogens is 316 g/mol. The summed E-state index contributed by atoms with van der Waals surface area (Å²) in [5.74, 6) is 1.63. The number of aromatic nitrogens is 4. The highest BCUT2D eigenvalue weighted by atomic mass is 35.5. The molecule has 0 saturated carbocycles. The molecule has 22 heavy (non-hydrogen) atoms. The van der Waals surface area contributed by atoms with Gasteiger partial charge in [-0.1, -0.05) is 11.3 Å². The first kappa shape index (κ1) is 15.3. The molecule has 0 aliphatic rings. The fourth-order valence-electron chi connectivity index (χ4n) is 2.33. The van der Waals surface area contributed by atoms with Crippen LogP contribution in [-0.4, -0.2) is 31.6 Å². The van der Waals surface area contributed by atoms with E-state index < -0.39 is 0 Å². The minimum atomic E-state index is 0.675. The van der Waals surface area contributed by atoms with Crippen molar-refractivity contribution >= 4 is 34.3 Å². The number of pyridine rings is 1. The van der Waals surface area contributed by atoms with Crippen LogP contribution in [0.1, 0.15) is 17.8 Å². The van der Waals surface area contributed by atoms with Gasteiger partial charge in [-0.15, -0.1) is 28.5 Å². The van der Waals surface area contributed by atoms with E-state index in [1.807, 2.05) is 42.8 Å². The summed E-state index contributed by atoms with van der Waals surface area (Å²) in [6.45, 7) is 4.04. The molecule has 0 spiro atoms. The van der Waals surface area contributed by atoms with Gasteiger partial charge in [0.05, 0.1) is 16.9 Å². The number of aryl methyl sites for hydroxylation is 1. The Bertz CT molecular complexity index is 800. The number of hydrogen-bond donors (Lipinski definition) is 0. The van der Waals surface area contributed by atoms with Crippen molar-refractivity contribution in [3.63, 3.8) is 0 Å². The van der Waals surface area contributed by atoms with Gasteiger partial charge in [0.15, 0.2) is 0 Å². The van der Waals surface area contributed by atoms with E-state index in [-0.39, 0.29) is 0 Å². The van der Waals surface area contributed by atoms with E-state index >= 15 is 0 Å². The zero-order chi connectivity index (χ0) is 15.5. The van der Waals surface area contributed by atoms with Crippen LogP contribution in [0.4, 0.5) is 0 Å². The molecular formula is C16H17ClN4S. The Hall–Kier alpha value is -1.59. The standard InChI is InChI=1S/C16H17ClN4S/c1-11-7-8-13-14(18-11)5-3-6-15(13)21-12(2)16(19-20-21)22-10-4-9-17/h3,5-8H,4,9-10H2,1-2H3. The molecule has 0 radical (unpaired) electrons. The maximum absolute atomic E-state index is 5.73. The Kier molecular flexibility index (Phi) is 4.64. The fraction of sp³-hybridized carbons (Fsp3) is 0.312. The summed E-state index contributed by atoms with van der Waals surface area (Å²) < 4.78 is 1.89. The summed E-state index contributed by atoms with van der Waals surface area (Å²) in [7, 11) is 0. The first-order valence-corrected chi connectivity index (χ1v) is 8.70. The monoisotopic (exact) mass is 332 g/mol. The Morgan fingerprint density at radius 2 is 2.05 bits per heavy atom. The third-order valence-electron chi connectivity index (χ3n) is 3.45. The van der Waals surface area contributed by atoms with Gasteiger partial charge >= 0.3 is 0 Å². The summed E-state index contributed by atoms with van der Waals surface area (Å²) in [5.41, 5.74) is 4.05. The number of hydrogen-bond acceptors (Lipinski definition) is 4. The van der Waals surface area contributed by atoms with E-state index in [9.17, 15) is 0 Å². The Labute approximate surface area is 138 Å². The molecule has 3 rings (SSSR count). The molecule has 0 fully saturated rings. The number of rotatable bonds is 5. The average molecular weight is 333 g/mol. The van der Waals surface area contributed by atoms with Crippen LogP contribution in [-0.2, 0) is 0 Å². The number of alkyl halides is 1. The van der Waals surface area contributed by atoms with Gasteiger partial charge in [-0.05, 0) is 44.5 Å². The molecule has 0 unspecified atom stereocenters. The lowest BCUT2D eigenvalue weighted by Crippen LogP contribution is -2.00. The SMILES string of the molecule is Cc1ccc2c(-n3nnc(SCCCCl)c3C)cccc2n1. The van der Waals surface area contributed by atoms with Crippen LogP contribution in [0.3, 0.4) is 0 Å². The van der Waals surface area contributed by atoms with Crippen molar-refractivity contribution in [2.24, 2.45) is 0 Å². The highest BCUT2D eigenvalue weighted by Gasteiger charge is 2.13. The predicted molar refractivity (Wildman–Crippen MR) is 92.2 cm³/mol. The summed E-state index contributed by atoms with van der Waals surface area (Å²) in [5, 5.41) is 10.7. The van der Waals surface area contributed by atoms with Crippen LogP contribution in [0.2, 0.25) is 0 Å². The molecule has 0 N–H and O–H groups in total. The molecule has 3 aromatic rings. The molecule has 2 heterocycles. The Morgan fingerprint density at radius 3 is 2.86 bits per heavy atom. The molecule has 2 aromatic heterocycles. The number of halogens is 1. The minimum Gasteiger partial charge on any atom is -0.253 e. The van der Waals surface area contributed by atoms with Crippen LogP contribution >= 0.6 is 23.4 Å². The molecule has 0 aliphatic heterocycles. The molecule has 0 saturated heterocycles. The lowest BCUT2D eigenvalue weighted by molar-refractivity contribution is 0.787. The van der Waals surface area contributed by atoms with Gasteiger partial charge in [-0.25, -0.2) is 4.68 Å². The number of thioether (sulfide) groups is 1. The first-order valence-electron chi connectivity index (χ1n) is 7.18. The normalized spacial score (nSPS) is 11.2. The van der Waals surface area contributed by atoms with E-state index in [1.54, 1.807) is 11.8 Å². The van der Waals surface area contributed by atoms with Gasteiger partial charge in [0.1, 0.15) is 5.03 Å². The maximum Gasteiger partial charge on any atom is 0.142 e. The molecule has 0 atom stereocenters. The third-order valence-corrected chi connectivity index (χ3v) is 4.86. The van der Waals surface area contributed by atoms with Crippen molar-refractivity contribution in [3.8, 4) is 5.69 Å². The van der Waals surface area contributed by atoms with Crippen molar-refractivity contribution < 1.29 is 0 Å². The van der Waals surface area contributed by atoms with Crippen LogP contribution in [0.25, 0.3) is 16.6 Å². The fourth-order valence-corrected chi connectivity index (χ4v) is 3.49. The zero-order valence-corrected chi connectivity index (χ0v) is 14.2. The molecule has 0 aliphatic carbocycles. The molecule has 0 bridgehead atoms. The molecule has 1 aromatic carbocycles. The molecule has 4 nitrogen and oxygen atoms in total. The quantitative estimate of drug-likeness (QED) is 0.400. The Balaban J connectivity index is 2.01. The van der Waals surface area contributed by atoms with E-state index in [0.29, 0.717) is 5.88 Å². The second kappa shape index (κ2) is 6.67. The van der Waals surface area contributed by atoms with E-state index in [1.165, 1.54) is 0 Å². The smallest absolute Gasteiger partial charge is 0.142 e. The van der Waals surface area contributed by atoms with Crippen LogP contribution < -0.4 is 0 Å². The number of fused-ring (bicyclic) bond motifs is 1. The van der Waals surface area contributed by atoms with Gasteiger partial charge in [-0.2, -0.15) is 0 Å². The van der Waals surface area contributed by atoms with Crippen LogP contribution in [0, 0.1) is 13.8 Å². The topological polar surface area (TPSA) is 43.6 Å². The van der Waals surface area contributed by atoms with Gasteiger partial charge in [0.2, 0.25) is 0 Å². The van der Waals surface area contributed by atoms with Crippen molar-refractivity contribution in [1.82, 2.24) is 20.0 Å². The summed E-state index contributed by atoms with van der Waals surface area (Å²) in [6, 6.07) is 10.2. The second-order valence-corrected chi connectivity index (χ2v) is 6.54. The highest BCUT2D eigenvalue weighted by Crippen LogP contribution is 2.26. The van der Waals surface area contributed by atoms with Gasteiger partial charge in [0.25, 0.3) is 0 Å². The third kappa shape index (κ3) is 2.96. The van der Waals surface area contributed by atoms with Crippen molar-refractivity contribution in [1.29, 1.82) is 0 Å². The van der Waals surface area contributed by atoms with Gasteiger partial charge in [0, 0.05) is 22.7 Å². The lowest BCUT2D eigenvalue weighted by atomic mass is 10.1. The minimum absolute atomic E-state index is 0.675. The van der Waals surface area contributed by atoms with Crippen molar-refractivity contribution in [3.05, 3.63) is 41.7 Å². The van der Waals surface area contributed by atoms with E-state index in [0.717, 1.165) is 45.2 Å². The summed E-state index contributed by atoms with van der Waals surface area (Å²) in [6.07, 6.45) is 0.968. The molecule has 0 amide bonds. The summed E-state index contributed by atoms with van der Waals surface area (Å²) >= 11 is 7.43.